The van der Waals surface area contributed by atoms with E-state index in [0.717, 1.165) is 19.3 Å². The number of aliphatic hydroxyl groups is 1. The minimum absolute atomic E-state index is 0.0210. The van der Waals surface area contributed by atoms with E-state index in [-0.39, 0.29) is 41.9 Å². The van der Waals surface area contributed by atoms with Crippen LogP contribution in [-0.2, 0) is 14.3 Å². The zero-order chi connectivity index (χ0) is 22.2. The molecule has 0 bridgehead atoms. The van der Waals surface area contributed by atoms with Gasteiger partial charge in [-0.2, -0.15) is 0 Å². The lowest BCUT2D eigenvalue weighted by Crippen LogP contribution is -2.53. The molecule has 1 amide bonds. The van der Waals surface area contributed by atoms with Crippen LogP contribution in [0.4, 0.5) is 0 Å². The second kappa shape index (κ2) is 8.96. The summed E-state index contributed by atoms with van der Waals surface area (Å²) in [6, 6.07) is -0.0210. The number of Topliss-reactive ketones (excluding diaryl/α,β-unsaturated/α-hetero) is 1. The molecule has 0 aromatic heterocycles. The molecule has 0 saturated carbocycles. The zero-order valence-corrected chi connectivity index (χ0v) is 19.4. The molecule has 30 heavy (non-hydrogen) atoms. The van der Waals surface area contributed by atoms with Crippen molar-refractivity contribution in [2.75, 3.05) is 7.11 Å². The Morgan fingerprint density at radius 3 is 2.60 bits per heavy atom. The molecule has 168 valence electrons. The number of hydrogen-bond donors (Lipinski definition) is 2. The van der Waals surface area contributed by atoms with Gasteiger partial charge in [-0.05, 0) is 51.4 Å². The van der Waals surface area contributed by atoms with Crippen molar-refractivity contribution in [1.29, 1.82) is 0 Å². The second-order valence-corrected chi connectivity index (χ2v) is 10.2. The molecule has 3 aliphatic rings. The molecule has 5 heteroatoms. The molecule has 2 N–H and O–H groups in total. The van der Waals surface area contributed by atoms with Crippen molar-refractivity contribution in [3.63, 3.8) is 0 Å². The summed E-state index contributed by atoms with van der Waals surface area (Å²) in [6.45, 7) is 10.7. The van der Waals surface area contributed by atoms with Gasteiger partial charge in [-0.3, -0.25) is 9.59 Å². The van der Waals surface area contributed by atoms with Gasteiger partial charge in [-0.1, -0.05) is 44.1 Å². The van der Waals surface area contributed by atoms with Crippen molar-refractivity contribution in [3.8, 4) is 0 Å². The maximum atomic E-state index is 14.0. The summed E-state index contributed by atoms with van der Waals surface area (Å²) in [4.78, 5) is 27.6. The number of methoxy groups -OCH3 is 1. The van der Waals surface area contributed by atoms with E-state index in [4.69, 9.17) is 4.74 Å². The van der Waals surface area contributed by atoms with E-state index in [9.17, 15) is 14.7 Å². The first-order chi connectivity index (χ1) is 14.1. The molecule has 7 atom stereocenters. The number of nitrogens with one attached hydrogen (secondary N) is 1. The van der Waals surface area contributed by atoms with E-state index in [1.807, 2.05) is 0 Å². The standard InChI is InChI=1S/C25H39NO4/c1-14(2)10-19-23-17(5)16(4)12-18-11-15(3)8-7-9-20(27)21(30-6)13-22(28)25(18,23)24(29)26-19/h11-12,14,17-21,23,27H,7-10,13H2,1-6H3,(H,26,29)/b15-11-/t17-,18-,19-,20-,21-,23+,25+/m1/s1. The van der Waals surface area contributed by atoms with Gasteiger partial charge in [-0.15, -0.1) is 0 Å². The molecule has 0 unspecified atom stereocenters. The number of hydrogen-bond acceptors (Lipinski definition) is 4. The monoisotopic (exact) mass is 417 g/mol. The predicted molar refractivity (Wildman–Crippen MR) is 118 cm³/mol. The summed E-state index contributed by atoms with van der Waals surface area (Å²) in [6.07, 6.45) is 6.21. The number of rotatable bonds is 3. The Labute approximate surface area is 181 Å². The molecule has 1 aliphatic heterocycles. The topological polar surface area (TPSA) is 75.6 Å². The lowest BCUT2D eigenvalue weighted by atomic mass is 9.54. The summed E-state index contributed by atoms with van der Waals surface area (Å²) in [7, 11) is 1.54. The van der Waals surface area contributed by atoms with E-state index >= 15 is 0 Å². The van der Waals surface area contributed by atoms with Crippen LogP contribution in [-0.4, -0.2) is 42.2 Å². The fraction of sp³-hybridized carbons (Fsp3) is 0.760. The predicted octanol–water partition coefficient (Wildman–Crippen LogP) is 3.81. The Hall–Kier alpha value is -1.46. The minimum atomic E-state index is -1.12. The molecule has 1 spiro atoms. The van der Waals surface area contributed by atoms with E-state index in [1.165, 1.54) is 11.1 Å². The summed E-state index contributed by atoms with van der Waals surface area (Å²) in [5.74, 6) is -0.0146. The number of carbonyl (C=O) groups excluding carboxylic acids is 2. The van der Waals surface area contributed by atoms with Crippen molar-refractivity contribution in [3.05, 3.63) is 23.3 Å². The number of carbonyl (C=O) groups is 2. The van der Waals surface area contributed by atoms with Crippen molar-refractivity contribution < 1.29 is 19.4 Å². The molecule has 1 heterocycles. The Kier molecular flexibility index (Phi) is 6.93. The van der Waals surface area contributed by atoms with Gasteiger partial charge in [0, 0.05) is 31.4 Å². The highest BCUT2D eigenvalue weighted by molar-refractivity contribution is 6.09. The third-order valence-corrected chi connectivity index (χ3v) is 7.72. The minimum Gasteiger partial charge on any atom is -0.390 e. The Balaban J connectivity index is 2.18. The van der Waals surface area contributed by atoms with Crippen LogP contribution in [0, 0.1) is 29.1 Å². The molecule has 1 fully saturated rings. The van der Waals surface area contributed by atoms with Crippen molar-refractivity contribution in [2.45, 2.75) is 85.0 Å². The van der Waals surface area contributed by atoms with Gasteiger partial charge in [0.15, 0.2) is 5.78 Å². The Morgan fingerprint density at radius 2 is 1.97 bits per heavy atom. The summed E-state index contributed by atoms with van der Waals surface area (Å²) < 4.78 is 5.54. The number of ether oxygens (including phenoxy) is 1. The molecule has 0 radical (unpaired) electrons. The first-order valence-electron chi connectivity index (χ1n) is 11.5. The van der Waals surface area contributed by atoms with E-state index < -0.39 is 17.6 Å². The van der Waals surface area contributed by atoms with Crippen LogP contribution in [0.3, 0.4) is 0 Å². The third kappa shape index (κ3) is 3.91. The second-order valence-electron chi connectivity index (χ2n) is 10.2. The highest BCUT2D eigenvalue weighted by Gasteiger charge is 2.65. The van der Waals surface area contributed by atoms with E-state index in [0.29, 0.717) is 12.3 Å². The average molecular weight is 418 g/mol. The number of amides is 1. The fourth-order valence-electron chi connectivity index (χ4n) is 6.10. The first-order valence-corrected chi connectivity index (χ1v) is 11.5. The van der Waals surface area contributed by atoms with Crippen molar-refractivity contribution in [2.24, 2.45) is 29.1 Å². The maximum absolute atomic E-state index is 14.0. The smallest absolute Gasteiger partial charge is 0.235 e. The highest BCUT2D eigenvalue weighted by atomic mass is 16.5. The van der Waals surface area contributed by atoms with E-state index in [2.05, 4.69) is 52.1 Å². The van der Waals surface area contributed by atoms with Gasteiger partial charge in [0.25, 0.3) is 0 Å². The molecule has 5 nitrogen and oxygen atoms in total. The molecular weight excluding hydrogens is 378 g/mol. The third-order valence-electron chi connectivity index (χ3n) is 7.72. The maximum Gasteiger partial charge on any atom is 0.235 e. The van der Waals surface area contributed by atoms with Gasteiger partial charge in [0.05, 0.1) is 12.2 Å². The quantitative estimate of drug-likeness (QED) is 0.541. The summed E-state index contributed by atoms with van der Waals surface area (Å²) in [5.41, 5.74) is 1.30. The normalized spacial score (nSPS) is 41.9. The summed E-state index contributed by atoms with van der Waals surface area (Å²) >= 11 is 0. The fourth-order valence-corrected chi connectivity index (χ4v) is 6.10. The summed E-state index contributed by atoms with van der Waals surface area (Å²) in [5, 5.41) is 13.9. The largest absolute Gasteiger partial charge is 0.390 e. The lowest BCUT2D eigenvalue weighted by molar-refractivity contribution is -0.148. The van der Waals surface area contributed by atoms with Crippen LogP contribution in [0.5, 0.6) is 0 Å². The van der Waals surface area contributed by atoms with Crippen LogP contribution in [0.15, 0.2) is 23.3 Å². The lowest BCUT2D eigenvalue weighted by Gasteiger charge is -2.45. The highest BCUT2D eigenvalue weighted by Crippen LogP contribution is 2.55. The van der Waals surface area contributed by atoms with E-state index in [1.54, 1.807) is 7.11 Å². The Bertz CT molecular complexity index is 739. The van der Waals surface area contributed by atoms with Gasteiger partial charge in [0.2, 0.25) is 5.91 Å². The SMILES string of the molecule is CO[C@@H]1CC(=O)[C@]23C(=O)N[C@H](CC(C)C)[C@@H]2[C@H](C)C(C)=C[C@H]3/C=C(/C)CCC[C@H]1O. The van der Waals surface area contributed by atoms with Crippen LogP contribution in [0.1, 0.15) is 66.7 Å². The first kappa shape index (κ1) is 23.2. The molecule has 3 rings (SSSR count). The average Bonchev–Trinajstić information content (AvgIpc) is 2.94. The number of allylic oxidation sites excluding steroid dienone is 4. The molecule has 2 aliphatic carbocycles. The van der Waals surface area contributed by atoms with Gasteiger partial charge < -0.3 is 15.2 Å². The van der Waals surface area contributed by atoms with Gasteiger partial charge in [0.1, 0.15) is 5.41 Å². The molecule has 0 aromatic rings. The van der Waals surface area contributed by atoms with Crippen molar-refractivity contribution >= 4 is 11.7 Å². The molecule has 1 saturated heterocycles. The number of aliphatic hydroxyl groups excluding tert-OH is 1. The van der Waals surface area contributed by atoms with Crippen LogP contribution >= 0.6 is 0 Å². The zero-order valence-electron chi connectivity index (χ0n) is 19.4. The van der Waals surface area contributed by atoms with Crippen LogP contribution in [0.2, 0.25) is 0 Å². The number of ketones is 1. The Morgan fingerprint density at radius 1 is 1.27 bits per heavy atom. The molecular formula is C25H39NO4. The van der Waals surface area contributed by atoms with Gasteiger partial charge >= 0.3 is 0 Å². The molecule has 0 aromatic carbocycles. The van der Waals surface area contributed by atoms with Crippen LogP contribution < -0.4 is 5.32 Å². The van der Waals surface area contributed by atoms with Crippen molar-refractivity contribution in [1.82, 2.24) is 5.32 Å². The van der Waals surface area contributed by atoms with Crippen LogP contribution in [0.25, 0.3) is 0 Å². The van der Waals surface area contributed by atoms with Gasteiger partial charge in [-0.25, -0.2) is 0 Å².